The Labute approximate surface area is 159 Å². The second-order valence-corrected chi connectivity index (χ2v) is 7.13. The summed E-state index contributed by atoms with van der Waals surface area (Å²) in [6.45, 7) is 7.86. The first kappa shape index (κ1) is 20.3. The molecule has 0 aliphatic heterocycles. The number of carbonyl (C=O) groups is 1. The van der Waals surface area contributed by atoms with Crippen molar-refractivity contribution in [3.8, 4) is 0 Å². The Hall–Kier alpha value is -2.01. The molecule has 0 bridgehead atoms. The van der Waals surface area contributed by atoms with Gasteiger partial charge in [-0.25, -0.2) is 0 Å². The molecule has 1 aromatic heterocycles. The van der Waals surface area contributed by atoms with E-state index in [9.17, 15) is 9.59 Å². The zero-order chi connectivity index (χ0) is 19.3. The molecule has 0 atom stereocenters. The van der Waals surface area contributed by atoms with Crippen molar-refractivity contribution in [1.82, 2.24) is 0 Å². The number of hydrogen-bond donors (Lipinski definition) is 1. The van der Waals surface area contributed by atoms with Crippen LogP contribution < -0.4 is 10.7 Å². The summed E-state index contributed by atoms with van der Waals surface area (Å²) in [5.41, 5.74) is 2.81. The first-order valence-electron chi connectivity index (χ1n) is 9.09. The van der Waals surface area contributed by atoms with Gasteiger partial charge in [-0.15, -0.1) is 11.8 Å². The number of thioether (sulfide) groups is 1. The van der Waals surface area contributed by atoms with E-state index in [1.165, 1.54) is 11.0 Å². The maximum Gasteiger partial charge on any atom is 0.263 e. The molecule has 0 radical (unpaired) electrons. The van der Waals surface area contributed by atoms with Gasteiger partial charge in [-0.2, -0.15) is 0 Å². The van der Waals surface area contributed by atoms with E-state index in [0.29, 0.717) is 17.9 Å². The molecular weight excluding hydrogens is 346 g/mol. The van der Waals surface area contributed by atoms with Gasteiger partial charge in [0.1, 0.15) is 17.1 Å². The van der Waals surface area contributed by atoms with Crippen molar-refractivity contribution in [2.75, 3.05) is 11.6 Å². The molecule has 4 nitrogen and oxygen atoms in total. The maximum atomic E-state index is 13.0. The van der Waals surface area contributed by atoms with Crippen molar-refractivity contribution in [1.29, 1.82) is 0 Å². The summed E-state index contributed by atoms with van der Waals surface area (Å²) in [5, 5.41) is 3.00. The Morgan fingerprint density at radius 1 is 1.12 bits per heavy atom. The van der Waals surface area contributed by atoms with Crippen LogP contribution in [-0.4, -0.2) is 12.2 Å². The summed E-state index contributed by atoms with van der Waals surface area (Å²) in [7, 11) is 0. The van der Waals surface area contributed by atoms with Crippen LogP contribution in [0.2, 0.25) is 0 Å². The monoisotopic (exact) mass is 373 g/mol. The highest BCUT2D eigenvalue weighted by molar-refractivity contribution is 7.98. The van der Waals surface area contributed by atoms with Crippen LogP contribution in [0.3, 0.4) is 0 Å². The van der Waals surface area contributed by atoms with Gasteiger partial charge in [-0.05, 0) is 55.7 Å². The Kier molecular flexibility index (Phi) is 7.09. The predicted molar refractivity (Wildman–Crippen MR) is 109 cm³/mol. The summed E-state index contributed by atoms with van der Waals surface area (Å²) in [4.78, 5) is 26.6. The highest BCUT2D eigenvalue weighted by atomic mass is 32.2. The summed E-state index contributed by atoms with van der Waals surface area (Å²) in [5.74, 6) is 0.609. The topological polar surface area (TPSA) is 59.3 Å². The minimum Gasteiger partial charge on any atom is -0.465 e. The molecule has 1 aromatic carbocycles. The minimum absolute atomic E-state index is 0.121. The second kappa shape index (κ2) is 9.08. The van der Waals surface area contributed by atoms with E-state index in [4.69, 9.17) is 4.42 Å². The fourth-order valence-corrected chi connectivity index (χ4v) is 3.58. The molecule has 1 amide bonds. The molecule has 140 valence electrons. The maximum absolute atomic E-state index is 13.0. The molecule has 26 heavy (non-hydrogen) atoms. The van der Waals surface area contributed by atoms with Gasteiger partial charge in [-0.3, -0.25) is 9.59 Å². The normalized spacial score (nSPS) is 10.8. The number of amides is 1. The lowest BCUT2D eigenvalue weighted by Crippen LogP contribution is -2.24. The number of nitrogens with one attached hydrogen (secondary N) is 1. The molecule has 1 N–H and O–H groups in total. The third-order valence-electron chi connectivity index (χ3n) is 4.36. The molecule has 0 aliphatic carbocycles. The summed E-state index contributed by atoms with van der Waals surface area (Å²) in [6.07, 6.45) is 5.02. The molecule has 2 rings (SSSR count). The Bertz CT molecular complexity index is 830. The number of benzene rings is 1. The molecule has 2 aromatic rings. The number of anilines is 1. The molecule has 0 saturated heterocycles. The number of rotatable bonds is 7. The van der Waals surface area contributed by atoms with Crippen LogP contribution in [0.4, 0.5) is 5.69 Å². The predicted octanol–water partition coefficient (Wildman–Crippen LogP) is 5.00. The van der Waals surface area contributed by atoms with E-state index in [1.807, 2.05) is 13.2 Å². The van der Waals surface area contributed by atoms with Crippen molar-refractivity contribution in [3.05, 3.63) is 56.6 Å². The lowest BCUT2D eigenvalue weighted by molar-refractivity contribution is 0.102. The molecule has 0 aliphatic rings. The van der Waals surface area contributed by atoms with Gasteiger partial charge < -0.3 is 9.73 Å². The fourth-order valence-electron chi connectivity index (χ4n) is 3.06. The molecule has 0 unspecified atom stereocenters. The lowest BCUT2D eigenvalue weighted by atomic mass is 10.0. The largest absolute Gasteiger partial charge is 0.465 e. The second-order valence-electron chi connectivity index (χ2n) is 6.25. The lowest BCUT2D eigenvalue weighted by Gasteiger charge is -2.17. The van der Waals surface area contributed by atoms with Crippen LogP contribution in [0.5, 0.6) is 0 Å². The van der Waals surface area contributed by atoms with E-state index < -0.39 is 0 Å². The van der Waals surface area contributed by atoms with Gasteiger partial charge in [0.15, 0.2) is 5.43 Å². The molecular formula is C21H27NO3S. The van der Waals surface area contributed by atoms with Crippen LogP contribution in [0.1, 0.15) is 60.2 Å². The smallest absolute Gasteiger partial charge is 0.263 e. The highest BCUT2D eigenvalue weighted by Gasteiger charge is 2.20. The number of aryl methyl sites for hydroxylation is 4. The summed E-state index contributed by atoms with van der Waals surface area (Å²) >= 11 is 1.69. The van der Waals surface area contributed by atoms with E-state index in [0.717, 1.165) is 36.1 Å². The zero-order valence-corrected chi connectivity index (χ0v) is 17.0. The van der Waals surface area contributed by atoms with Gasteiger partial charge in [0.05, 0.1) is 0 Å². The van der Waals surface area contributed by atoms with Gasteiger partial charge >= 0.3 is 0 Å². The van der Waals surface area contributed by atoms with Crippen LogP contribution >= 0.6 is 11.8 Å². The standard InChI is InChI=1S/C21H27NO3S/c1-6-9-18-19(17(23)10-13(4)25-18)21(24)22-20-14(7-2)11-16(26-5)12-15(20)8-3/h10-12H,6-9H2,1-5H3,(H,22,24). The SMILES string of the molecule is CCCc1oc(C)cc(=O)c1C(=O)Nc1c(CC)cc(SC)cc1CC. The van der Waals surface area contributed by atoms with Crippen molar-refractivity contribution in [2.45, 2.75) is 58.3 Å². The van der Waals surface area contributed by atoms with Crippen molar-refractivity contribution in [3.63, 3.8) is 0 Å². The molecule has 1 heterocycles. The zero-order valence-electron chi connectivity index (χ0n) is 16.2. The first-order valence-corrected chi connectivity index (χ1v) is 10.3. The molecule has 0 spiro atoms. The van der Waals surface area contributed by atoms with Crippen LogP contribution in [-0.2, 0) is 19.3 Å². The fraction of sp³-hybridized carbons (Fsp3) is 0.429. The van der Waals surface area contributed by atoms with Gasteiger partial charge in [0, 0.05) is 23.1 Å². The Balaban J connectivity index is 2.50. The average molecular weight is 374 g/mol. The molecule has 5 heteroatoms. The van der Waals surface area contributed by atoms with Crippen molar-refractivity contribution in [2.24, 2.45) is 0 Å². The van der Waals surface area contributed by atoms with E-state index >= 15 is 0 Å². The van der Waals surface area contributed by atoms with E-state index in [1.54, 1.807) is 18.7 Å². The van der Waals surface area contributed by atoms with E-state index in [-0.39, 0.29) is 16.9 Å². The van der Waals surface area contributed by atoms with Crippen molar-refractivity contribution < 1.29 is 9.21 Å². The molecule has 0 fully saturated rings. The van der Waals surface area contributed by atoms with Gasteiger partial charge in [0.2, 0.25) is 0 Å². The van der Waals surface area contributed by atoms with Crippen LogP contribution in [0.15, 0.2) is 32.3 Å². The number of carbonyl (C=O) groups excluding carboxylic acids is 1. The third-order valence-corrected chi connectivity index (χ3v) is 5.07. The summed E-state index contributed by atoms with van der Waals surface area (Å²) < 4.78 is 5.67. The van der Waals surface area contributed by atoms with Crippen LogP contribution in [0.25, 0.3) is 0 Å². The van der Waals surface area contributed by atoms with Crippen LogP contribution in [0, 0.1) is 6.92 Å². The van der Waals surface area contributed by atoms with Gasteiger partial charge in [0.25, 0.3) is 5.91 Å². The van der Waals surface area contributed by atoms with Crippen molar-refractivity contribution >= 4 is 23.4 Å². The quantitative estimate of drug-likeness (QED) is 0.694. The third kappa shape index (κ3) is 4.39. The minimum atomic E-state index is -0.386. The molecule has 0 saturated carbocycles. The first-order chi connectivity index (χ1) is 12.4. The van der Waals surface area contributed by atoms with E-state index in [2.05, 4.69) is 31.3 Å². The Morgan fingerprint density at radius 3 is 2.23 bits per heavy atom. The van der Waals surface area contributed by atoms with Gasteiger partial charge in [-0.1, -0.05) is 20.8 Å². The Morgan fingerprint density at radius 2 is 1.73 bits per heavy atom. The highest BCUT2D eigenvalue weighted by Crippen LogP contribution is 2.29. The average Bonchev–Trinajstić information content (AvgIpc) is 2.61. The number of hydrogen-bond acceptors (Lipinski definition) is 4. The summed E-state index contributed by atoms with van der Waals surface area (Å²) in [6, 6.07) is 5.58.